The van der Waals surface area contributed by atoms with E-state index < -0.39 is 64.3 Å². The standard InChI is InChI=1S/C14H16Cl3NO10/c1-4(19)24-7-8(25-5(2)20)10(26-6(3)21)12(27-9(7)11(22)23)28-13(18)14(15,16)17/h7-10,12,18H,1-3H3,(H,22,23)/t7-,8-,9-,10+,12+/m0/s1. The number of esters is 3. The van der Waals surface area contributed by atoms with Crippen molar-refractivity contribution in [1.82, 2.24) is 0 Å². The van der Waals surface area contributed by atoms with E-state index in [-0.39, 0.29) is 0 Å². The fourth-order valence-electron chi connectivity index (χ4n) is 2.25. The number of carbonyl (C=O) groups excluding carboxylic acids is 3. The van der Waals surface area contributed by atoms with Crippen molar-refractivity contribution in [2.45, 2.75) is 55.3 Å². The number of aliphatic carboxylic acids is 1. The molecule has 1 saturated heterocycles. The second-order valence-corrected chi connectivity index (χ2v) is 7.71. The van der Waals surface area contributed by atoms with Gasteiger partial charge in [0.05, 0.1) is 0 Å². The summed E-state index contributed by atoms with van der Waals surface area (Å²) in [6.45, 7) is 2.96. The molecule has 0 aromatic heterocycles. The predicted octanol–water partition coefficient (Wildman–Crippen LogP) is 0.955. The van der Waals surface area contributed by atoms with Gasteiger partial charge < -0.3 is 28.8 Å². The first-order valence-electron chi connectivity index (χ1n) is 7.46. The van der Waals surface area contributed by atoms with Crippen LogP contribution in [0.5, 0.6) is 0 Å². The molecule has 5 atom stereocenters. The number of carboxylic acid groups (broad SMARTS) is 1. The molecule has 0 unspecified atom stereocenters. The van der Waals surface area contributed by atoms with Gasteiger partial charge in [-0.2, -0.15) is 0 Å². The Bertz CT molecular complexity index is 664. The molecule has 1 fully saturated rings. The second kappa shape index (κ2) is 9.59. The molecule has 0 aliphatic carbocycles. The molecule has 14 heteroatoms. The molecule has 1 aliphatic rings. The van der Waals surface area contributed by atoms with E-state index in [2.05, 4.69) is 0 Å². The fourth-order valence-corrected chi connectivity index (χ4v) is 2.38. The lowest BCUT2D eigenvalue weighted by Gasteiger charge is -2.42. The average molecular weight is 465 g/mol. The summed E-state index contributed by atoms with van der Waals surface area (Å²) in [4.78, 5) is 46.0. The smallest absolute Gasteiger partial charge is 0.337 e. The first-order valence-corrected chi connectivity index (χ1v) is 8.59. The highest BCUT2D eigenvalue weighted by Crippen LogP contribution is 2.33. The van der Waals surface area contributed by atoms with Gasteiger partial charge in [-0.15, -0.1) is 0 Å². The summed E-state index contributed by atoms with van der Waals surface area (Å²) in [7, 11) is 0. The molecule has 0 bridgehead atoms. The van der Waals surface area contributed by atoms with E-state index in [4.69, 9.17) is 63.9 Å². The van der Waals surface area contributed by atoms with Gasteiger partial charge in [0.15, 0.2) is 18.3 Å². The highest BCUT2D eigenvalue weighted by molar-refractivity contribution is 6.76. The molecule has 1 rings (SSSR count). The first-order chi connectivity index (χ1) is 12.7. The Hall–Kier alpha value is -1.82. The number of carbonyl (C=O) groups is 4. The number of ether oxygens (including phenoxy) is 5. The maximum Gasteiger partial charge on any atom is 0.337 e. The van der Waals surface area contributed by atoms with E-state index in [1.54, 1.807) is 0 Å². The van der Waals surface area contributed by atoms with Crippen LogP contribution in [0, 0.1) is 5.41 Å². The highest BCUT2D eigenvalue weighted by atomic mass is 35.6. The van der Waals surface area contributed by atoms with E-state index in [1.165, 1.54) is 0 Å². The highest BCUT2D eigenvalue weighted by Gasteiger charge is 2.56. The SMILES string of the molecule is CC(=O)O[C@@H]1[C@@H](OC(C)=O)[C@@H](OC(=N)C(Cl)(Cl)Cl)O[C@H](C(=O)O)[C@H]1OC(C)=O. The Labute approximate surface area is 173 Å². The van der Waals surface area contributed by atoms with E-state index in [0.29, 0.717) is 0 Å². The predicted molar refractivity (Wildman–Crippen MR) is 92.1 cm³/mol. The molecule has 28 heavy (non-hydrogen) atoms. The van der Waals surface area contributed by atoms with Crippen molar-refractivity contribution in [3.63, 3.8) is 0 Å². The molecule has 0 spiro atoms. The van der Waals surface area contributed by atoms with Crippen LogP contribution < -0.4 is 0 Å². The monoisotopic (exact) mass is 463 g/mol. The lowest BCUT2D eigenvalue weighted by atomic mass is 9.98. The minimum Gasteiger partial charge on any atom is -0.479 e. The summed E-state index contributed by atoms with van der Waals surface area (Å²) < 4.78 is 22.7. The quantitative estimate of drug-likeness (QED) is 0.197. The van der Waals surface area contributed by atoms with Gasteiger partial charge in [-0.25, -0.2) is 4.79 Å². The second-order valence-electron chi connectivity index (χ2n) is 5.43. The number of halogens is 3. The van der Waals surface area contributed by atoms with E-state index in [1.807, 2.05) is 0 Å². The van der Waals surface area contributed by atoms with Crippen LogP contribution in [-0.4, -0.2) is 69.4 Å². The molecule has 0 aromatic carbocycles. The van der Waals surface area contributed by atoms with Crippen LogP contribution in [0.3, 0.4) is 0 Å². The van der Waals surface area contributed by atoms with Crippen molar-refractivity contribution in [3.8, 4) is 0 Å². The van der Waals surface area contributed by atoms with E-state index in [0.717, 1.165) is 20.8 Å². The maximum absolute atomic E-state index is 11.6. The lowest BCUT2D eigenvalue weighted by Crippen LogP contribution is -2.64. The minimum absolute atomic E-state index is 0.907. The number of hydrogen-bond acceptors (Lipinski definition) is 10. The summed E-state index contributed by atoms with van der Waals surface area (Å²) in [5.74, 6) is -5.36. The molecular weight excluding hydrogens is 449 g/mol. The van der Waals surface area contributed by atoms with Crippen molar-refractivity contribution in [3.05, 3.63) is 0 Å². The molecular formula is C14H16Cl3NO10. The van der Waals surface area contributed by atoms with Gasteiger partial charge in [-0.1, -0.05) is 34.8 Å². The van der Waals surface area contributed by atoms with Crippen LogP contribution in [0.4, 0.5) is 0 Å². The molecule has 0 amide bonds. The molecule has 1 aliphatic heterocycles. The maximum atomic E-state index is 11.6. The van der Waals surface area contributed by atoms with Crippen LogP contribution in [0.2, 0.25) is 0 Å². The Morgan fingerprint density at radius 2 is 1.29 bits per heavy atom. The summed E-state index contributed by atoms with van der Waals surface area (Å²) >= 11 is 16.6. The number of alkyl halides is 3. The van der Waals surface area contributed by atoms with Gasteiger partial charge in [0.2, 0.25) is 18.3 Å². The largest absolute Gasteiger partial charge is 0.479 e. The first kappa shape index (κ1) is 24.2. The van der Waals surface area contributed by atoms with Gasteiger partial charge in [-0.05, 0) is 0 Å². The van der Waals surface area contributed by atoms with Gasteiger partial charge in [0, 0.05) is 20.8 Å². The zero-order chi connectivity index (χ0) is 21.8. The normalized spacial score (nSPS) is 27.3. The van der Waals surface area contributed by atoms with Gasteiger partial charge in [-0.3, -0.25) is 19.8 Å². The Morgan fingerprint density at radius 3 is 1.68 bits per heavy atom. The zero-order valence-electron chi connectivity index (χ0n) is 14.6. The van der Waals surface area contributed by atoms with Crippen molar-refractivity contribution >= 4 is 64.6 Å². The third kappa shape index (κ3) is 6.66. The molecule has 11 nitrogen and oxygen atoms in total. The van der Waals surface area contributed by atoms with E-state index >= 15 is 0 Å². The van der Waals surface area contributed by atoms with Crippen molar-refractivity contribution in [1.29, 1.82) is 5.41 Å². The van der Waals surface area contributed by atoms with Crippen molar-refractivity contribution in [2.24, 2.45) is 0 Å². The summed E-state index contributed by atoms with van der Waals surface area (Å²) in [5.41, 5.74) is 0. The van der Waals surface area contributed by atoms with Crippen LogP contribution in [0.15, 0.2) is 0 Å². The number of rotatable bonds is 5. The summed E-state index contributed by atoms with van der Waals surface area (Å²) in [5, 5.41) is 17.0. The Kier molecular flexibility index (Phi) is 8.30. The summed E-state index contributed by atoms with van der Waals surface area (Å²) in [6, 6.07) is 0. The van der Waals surface area contributed by atoms with Crippen LogP contribution in [0.25, 0.3) is 0 Å². The molecule has 1 heterocycles. The average Bonchev–Trinajstić information content (AvgIpc) is 2.49. The molecule has 0 saturated carbocycles. The number of nitrogens with one attached hydrogen (secondary N) is 1. The topological polar surface area (TPSA) is 159 Å². The van der Waals surface area contributed by atoms with Gasteiger partial charge >= 0.3 is 23.9 Å². The fraction of sp³-hybridized carbons (Fsp3) is 0.643. The van der Waals surface area contributed by atoms with Crippen molar-refractivity contribution in [2.75, 3.05) is 0 Å². The zero-order valence-corrected chi connectivity index (χ0v) is 16.9. The van der Waals surface area contributed by atoms with Crippen LogP contribution in [-0.2, 0) is 42.9 Å². The minimum atomic E-state index is -2.35. The van der Waals surface area contributed by atoms with Gasteiger partial charge in [0.1, 0.15) is 0 Å². The Balaban J connectivity index is 3.39. The lowest BCUT2D eigenvalue weighted by molar-refractivity contribution is -0.285. The molecule has 2 N–H and O–H groups in total. The Morgan fingerprint density at radius 1 is 0.857 bits per heavy atom. The third-order valence-electron chi connectivity index (χ3n) is 3.14. The molecule has 0 aromatic rings. The van der Waals surface area contributed by atoms with Gasteiger partial charge in [0.25, 0.3) is 3.79 Å². The summed E-state index contributed by atoms with van der Waals surface area (Å²) in [6.07, 6.45) is -8.79. The number of hydrogen-bond donors (Lipinski definition) is 2. The molecule has 158 valence electrons. The van der Waals surface area contributed by atoms with Crippen LogP contribution >= 0.6 is 34.8 Å². The number of carboxylic acids is 1. The molecule has 0 radical (unpaired) electrons. The third-order valence-corrected chi connectivity index (χ3v) is 3.65. The van der Waals surface area contributed by atoms with Crippen LogP contribution in [0.1, 0.15) is 20.8 Å². The van der Waals surface area contributed by atoms with E-state index in [9.17, 15) is 24.3 Å². The van der Waals surface area contributed by atoms with Crippen molar-refractivity contribution < 1.29 is 48.0 Å².